The molecule has 1 rings (SSSR count). The lowest BCUT2D eigenvalue weighted by Crippen LogP contribution is -2.04. The first-order chi connectivity index (χ1) is 5.15. The van der Waals surface area contributed by atoms with E-state index in [-0.39, 0.29) is 0 Å². The highest BCUT2D eigenvalue weighted by molar-refractivity contribution is 6.32. The first kappa shape index (κ1) is 8.12. The molecule has 0 saturated heterocycles. The zero-order chi connectivity index (χ0) is 8.43. The average Bonchev–Trinajstić information content (AvgIpc) is 1.85. The molecule has 0 spiro atoms. The van der Waals surface area contributed by atoms with Crippen LogP contribution in [-0.4, -0.2) is 7.85 Å². The summed E-state index contributed by atoms with van der Waals surface area (Å²) < 4.78 is 0. The Balaban J connectivity index is 3.36. The van der Waals surface area contributed by atoms with Gasteiger partial charge in [-0.2, -0.15) is 0 Å². The highest BCUT2D eigenvalue weighted by Gasteiger charge is 1.97. The second kappa shape index (κ2) is 2.95. The maximum absolute atomic E-state index is 3.78. The van der Waals surface area contributed by atoms with Crippen LogP contribution in [-0.2, 0) is 0 Å². The molecule has 0 atom stereocenters. The molecular weight excluding hydrogens is 131 g/mol. The van der Waals surface area contributed by atoms with E-state index in [1.807, 2.05) is 6.08 Å². The maximum Gasteiger partial charge on any atom is 0.139 e. The van der Waals surface area contributed by atoms with Gasteiger partial charge in [0.15, 0.2) is 0 Å². The predicted molar refractivity (Wildman–Crippen MR) is 54.2 cm³/mol. The van der Waals surface area contributed by atoms with Gasteiger partial charge >= 0.3 is 0 Å². The summed E-state index contributed by atoms with van der Waals surface area (Å²) in [6, 6.07) is 4.37. The van der Waals surface area contributed by atoms with E-state index in [2.05, 4.69) is 40.4 Å². The minimum Gasteiger partial charge on any atom is -0.0985 e. The molecular formula is C10H13B. The van der Waals surface area contributed by atoms with Crippen LogP contribution in [0.15, 0.2) is 18.7 Å². The SMILES string of the molecule is Bc1cc(C)c(C=C)c(C)c1. The van der Waals surface area contributed by atoms with Gasteiger partial charge in [0.1, 0.15) is 7.85 Å². The summed E-state index contributed by atoms with van der Waals surface area (Å²) in [5, 5.41) is 0. The molecule has 0 saturated carbocycles. The zero-order valence-electron chi connectivity index (χ0n) is 7.44. The monoisotopic (exact) mass is 144 g/mol. The van der Waals surface area contributed by atoms with Crippen molar-refractivity contribution in [1.29, 1.82) is 0 Å². The molecule has 0 aliphatic heterocycles. The molecule has 0 nitrogen and oxygen atoms in total. The van der Waals surface area contributed by atoms with Gasteiger partial charge in [-0.15, -0.1) is 0 Å². The van der Waals surface area contributed by atoms with Crippen LogP contribution in [0.2, 0.25) is 0 Å². The summed E-state index contributed by atoms with van der Waals surface area (Å²) in [7, 11) is 2.12. The lowest BCUT2D eigenvalue weighted by Gasteiger charge is -2.05. The average molecular weight is 144 g/mol. The Morgan fingerprint density at radius 3 is 2.09 bits per heavy atom. The van der Waals surface area contributed by atoms with Gasteiger partial charge in [-0.05, 0) is 30.5 Å². The molecule has 11 heavy (non-hydrogen) atoms. The van der Waals surface area contributed by atoms with Crippen LogP contribution in [0, 0.1) is 13.8 Å². The molecule has 0 fully saturated rings. The Bertz CT molecular complexity index is 264. The highest BCUT2D eigenvalue weighted by Crippen LogP contribution is 2.12. The lowest BCUT2D eigenvalue weighted by atomic mass is 9.89. The van der Waals surface area contributed by atoms with Gasteiger partial charge in [-0.1, -0.05) is 30.3 Å². The summed E-state index contributed by atoms with van der Waals surface area (Å²) in [4.78, 5) is 0. The van der Waals surface area contributed by atoms with Crippen LogP contribution in [0.25, 0.3) is 6.08 Å². The summed E-state index contributed by atoms with van der Waals surface area (Å²) in [6.45, 7) is 8.03. The van der Waals surface area contributed by atoms with Gasteiger partial charge in [-0.3, -0.25) is 0 Å². The molecule has 0 aromatic heterocycles. The van der Waals surface area contributed by atoms with Crippen molar-refractivity contribution in [2.75, 3.05) is 0 Å². The number of aryl methyl sites for hydroxylation is 2. The van der Waals surface area contributed by atoms with Crippen LogP contribution in [0.5, 0.6) is 0 Å². The largest absolute Gasteiger partial charge is 0.139 e. The van der Waals surface area contributed by atoms with Crippen molar-refractivity contribution in [1.82, 2.24) is 0 Å². The van der Waals surface area contributed by atoms with Crippen molar-refractivity contribution in [3.05, 3.63) is 35.4 Å². The van der Waals surface area contributed by atoms with Gasteiger partial charge < -0.3 is 0 Å². The highest BCUT2D eigenvalue weighted by atomic mass is 14.0. The number of benzene rings is 1. The number of hydrogen-bond acceptors (Lipinski definition) is 0. The molecule has 1 heteroatoms. The topological polar surface area (TPSA) is 0 Å². The lowest BCUT2D eigenvalue weighted by molar-refractivity contribution is 1.37. The van der Waals surface area contributed by atoms with E-state index in [9.17, 15) is 0 Å². The maximum atomic E-state index is 3.78. The van der Waals surface area contributed by atoms with Crippen molar-refractivity contribution in [2.24, 2.45) is 0 Å². The summed E-state index contributed by atoms with van der Waals surface area (Å²) >= 11 is 0. The van der Waals surface area contributed by atoms with Crippen LogP contribution >= 0.6 is 0 Å². The smallest absolute Gasteiger partial charge is 0.0985 e. The third kappa shape index (κ3) is 1.54. The summed E-state index contributed by atoms with van der Waals surface area (Å²) in [5.41, 5.74) is 5.23. The molecule has 56 valence electrons. The van der Waals surface area contributed by atoms with Gasteiger partial charge in [0.25, 0.3) is 0 Å². The van der Waals surface area contributed by atoms with Crippen molar-refractivity contribution in [3.63, 3.8) is 0 Å². The third-order valence-corrected chi connectivity index (χ3v) is 1.94. The number of rotatable bonds is 1. The van der Waals surface area contributed by atoms with Crippen LogP contribution in [0.1, 0.15) is 16.7 Å². The first-order valence-electron chi connectivity index (χ1n) is 3.85. The molecule has 0 bridgehead atoms. The van der Waals surface area contributed by atoms with E-state index >= 15 is 0 Å². The van der Waals surface area contributed by atoms with Gasteiger partial charge in [0, 0.05) is 0 Å². The molecule has 0 aliphatic carbocycles. The Kier molecular flexibility index (Phi) is 2.18. The Morgan fingerprint density at radius 1 is 1.27 bits per heavy atom. The van der Waals surface area contributed by atoms with Crippen LogP contribution < -0.4 is 5.46 Å². The van der Waals surface area contributed by atoms with E-state index in [0.717, 1.165) is 0 Å². The van der Waals surface area contributed by atoms with E-state index in [0.29, 0.717) is 0 Å². The van der Waals surface area contributed by atoms with E-state index in [1.54, 1.807) is 0 Å². The van der Waals surface area contributed by atoms with Crippen molar-refractivity contribution in [2.45, 2.75) is 13.8 Å². The normalized spacial score (nSPS) is 9.64. The predicted octanol–water partition coefficient (Wildman–Crippen LogP) is 1.20. The van der Waals surface area contributed by atoms with Crippen LogP contribution in [0.4, 0.5) is 0 Å². The second-order valence-corrected chi connectivity index (χ2v) is 3.02. The van der Waals surface area contributed by atoms with Gasteiger partial charge in [0.05, 0.1) is 0 Å². The molecule has 0 radical (unpaired) electrons. The zero-order valence-corrected chi connectivity index (χ0v) is 7.44. The Hall–Kier alpha value is -0.975. The van der Waals surface area contributed by atoms with E-state index < -0.39 is 0 Å². The standard InChI is InChI=1S/C10H13B/c1-4-10-7(2)5-9(11)6-8(10)3/h4-6H,1,11H2,2-3H3. The Labute approximate surface area is 69.4 Å². The molecule has 0 heterocycles. The Morgan fingerprint density at radius 2 is 1.73 bits per heavy atom. The molecule has 0 N–H and O–H groups in total. The van der Waals surface area contributed by atoms with Gasteiger partial charge in [-0.25, -0.2) is 0 Å². The van der Waals surface area contributed by atoms with E-state index in [4.69, 9.17) is 0 Å². The summed E-state index contributed by atoms with van der Waals surface area (Å²) in [6.07, 6.45) is 1.92. The van der Waals surface area contributed by atoms with E-state index in [1.165, 1.54) is 22.2 Å². The fourth-order valence-corrected chi connectivity index (χ4v) is 1.51. The van der Waals surface area contributed by atoms with Crippen molar-refractivity contribution >= 4 is 19.4 Å². The van der Waals surface area contributed by atoms with Crippen molar-refractivity contribution < 1.29 is 0 Å². The van der Waals surface area contributed by atoms with Gasteiger partial charge in [0.2, 0.25) is 0 Å². The molecule has 1 aromatic rings. The quantitative estimate of drug-likeness (QED) is 0.519. The number of hydrogen-bond donors (Lipinski definition) is 0. The van der Waals surface area contributed by atoms with Crippen LogP contribution in [0.3, 0.4) is 0 Å². The minimum atomic E-state index is 1.27. The second-order valence-electron chi connectivity index (χ2n) is 3.02. The van der Waals surface area contributed by atoms with Crippen molar-refractivity contribution in [3.8, 4) is 0 Å². The first-order valence-corrected chi connectivity index (χ1v) is 3.85. The molecule has 0 unspecified atom stereocenters. The molecule has 0 amide bonds. The summed E-state index contributed by atoms with van der Waals surface area (Å²) in [5.74, 6) is 0. The molecule has 0 aliphatic rings. The minimum absolute atomic E-state index is 1.27. The fraction of sp³-hybridized carbons (Fsp3) is 0.200. The fourth-order valence-electron chi connectivity index (χ4n) is 1.51. The molecule has 1 aromatic carbocycles. The third-order valence-electron chi connectivity index (χ3n) is 1.94.